The molecular weight excluding hydrogens is 214 g/mol. The van der Waals surface area contributed by atoms with Crippen molar-refractivity contribution in [1.82, 2.24) is 4.98 Å². The van der Waals surface area contributed by atoms with Gasteiger partial charge < -0.3 is 5.11 Å². The maximum absolute atomic E-state index is 11.6. The lowest BCUT2D eigenvalue weighted by molar-refractivity contribution is -0.143. The lowest BCUT2D eigenvalue weighted by atomic mass is 9.82. The minimum absolute atomic E-state index is 0.335. The summed E-state index contributed by atoms with van der Waals surface area (Å²) >= 11 is 0. The highest BCUT2D eigenvalue weighted by atomic mass is 16.4. The van der Waals surface area contributed by atoms with Crippen LogP contribution in [0.3, 0.4) is 0 Å². The summed E-state index contributed by atoms with van der Waals surface area (Å²) in [6.07, 6.45) is 3.41. The molecule has 0 saturated heterocycles. The van der Waals surface area contributed by atoms with Crippen LogP contribution >= 0.6 is 0 Å². The summed E-state index contributed by atoms with van der Waals surface area (Å²) in [5.74, 6) is -0.384. The van der Waals surface area contributed by atoms with Gasteiger partial charge in [0.1, 0.15) is 5.41 Å². The van der Waals surface area contributed by atoms with Gasteiger partial charge in [0.15, 0.2) is 0 Å². The van der Waals surface area contributed by atoms with E-state index in [0.29, 0.717) is 5.92 Å². The number of nitrogens with zero attached hydrogens (tertiary/aromatic N) is 1. The molecule has 3 nitrogen and oxygen atoms in total. The Kier molecular flexibility index (Phi) is 3.18. The van der Waals surface area contributed by atoms with E-state index in [2.05, 4.69) is 18.8 Å². The van der Waals surface area contributed by atoms with Gasteiger partial charge >= 0.3 is 5.97 Å². The number of hydrogen-bond acceptors (Lipinski definition) is 2. The number of hydrogen-bond donors (Lipinski definition) is 1. The summed E-state index contributed by atoms with van der Waals surface area (Å²) in [5, 5.41) is 9.51. The summed E-state index contributed by atoms with van der Waals surface area (Å²) in [5.41, 5.74) is 0.994. The van der Waals surface area contributed by atoms with E-state index in [1.54, 1.807) is 0 Å². The van der Waals surface area contributed by atoms with Crippen molar-refractivity contribution in [3.05, 3.63) is 29.6 Å². The molecule has 0 aliphatic heterocycles. The second kappa shape index (κ2) is 4.47. The van der Waals surface area contributed by atoms with E-state index in [9.17, 15) is 9.90 Å². The van der Waals surface area contributed by atoms with E-state index < -0.39 is 11.4 Å². The van der Waals surface area contributed by atoms with E-state index in [0.717, 1.165) is 37.1 Å². The Bertz CT molecular complexity index is 420. The van der Waals surface area contributed by atoms with Gasteiger partial charge in [-0.2, -0.15) is 0 Å². The number of carbonyl (C=O) groups is 1. The van der Waals surface area contributed by atoms with E-state index in [4.69, 9.17) is 0 Å². The fourth-order valence-electron chi connectivity index (χ4n) is 2.60. The van der Waals surface area contributed by atoms with Crippen LogP contribution in [0.4, 0.5) is 0 Å². The Morgan fingerprint density at radius 3 is 2.53 bits per heavy atom. The minimum atomic E-state index is -0.731. The van der Waals surface area contributed by atoms with Crippen molar-refractivity contribution in [2.24, 2.45) is 0 Å². The molecular formula is C14H19NO2. The Hall–Kier alpha value is -1.38. The molecule has 1 aromatic heterocycles. The van der Waals surface area contributed by atoms with Gasteiger partial charge in [-0.1, -0.05) is 32.8 Å². The fourth-order valence-corrected chi connectivity index (χ4v) is 2.60. The van der Waals surface area contributed by atoms with Gasteiger partial charge in [-0.05, 0) is 30.9 Å². The first-order chi connectivity index (χ1) is 8.06. The molecule has 1 fully saturated rings. The monoisotopic (exact) mass is 233 g/mol. The first-order valence-corrected chi connectivity index (χ1v) is 6.27. The zero-order chi connectivity index (χ0) is 12.5. The largest absolute Gasteiger partial charge is 0.481 e. The minimum Gasteiger partial charge on any atom is -0.481 e. The summed E-state index contributed by atoms with van der Waals surface area (Å²) in [6.45, 7) is 4.16. The van der Waals surface area contributed by atoms with Crippen LogP contribution in [0, 0.1) is 0 Å². The molecule has 0 aromatic carbocycles. The first-order valence-electron chi connectivity index (χ1n) is 6.27. The lowest BCUT2D eigenvalue weighted by Gasteiger charge is -2.24. The maximum Gasteiger partial charge on any atom is 0.315 e. The van der Waals surface area contributed by atoms with Gasteiger partial charge in [0, 0.05) is 5.69 Å². The van der Waals surface area contributed by atoms with Crippen LogP contribution in [0.25, 0.3) is 0 Å². The molecule has 1 aliphatic carbocycles. The topological polar surface area (TPSA) is 50.2 Å². The van der Waals surface area contributed by atoms with Crippen LogP contribution in [0.5, 0.6) is 0 Å². The molecule has 0 radical (unpaired) electrons. The highest BCUT2D eigenvalue weighted by Crippen LogP contribution is 2.40. The van der Waals surface area contributed by atoms with Crippen molar-refractivity contribution in [2.45, 2.75) is 50.9 Å². The smallest absolute Gasteiger partial charge is 0.315 e. The van der Waals surface area contributed by atoms with Crippen LogP contribution < -0.4 is 0 Å². The first kappa shape index (κ1) is 12.1. The Morgan fingerprint density at radius 1 is 1.35 bits per heavy atom. The molecule has 3 heteroatoms. The molecule has 0 unspecified atom stereocenters. The summed E-state index contributed by atoms with van der Waals surface area (Å²) < 4.78 is 0. The molecule has 1 heterocycles. The van der Waals surface area contributed by atoms with E-state index >= 15 is 0 Å². The molecule has 2 rings (SSSR count). The second-order valence-corrected chi connectivity index (χ2v) is 5.20. The number of rotatable bonds is 3. The van der Waals surface area contributed by atoms with Gasteiger partial charge in [0.05, 0.1) is 5.69 Å². The number of aromatic nitrogens is 1. The Morgan fingerprint density at radius 2 is 2.00 bits per heavy atom. The molecule has 1 N–H and O–H groups in total. The third kappa shape index (κ3) is 2.06. The van der Waals surface area contributed by atoms with E-state index in [-0.39, 0.29) is 0 Å². The average Bonchev–Trinajstić information content (AvgIpc) is 2.79. The normalized spacial score (nSPS) is 18.5. The molecule has 1 aliphatic rings. The SMILES string of the molecule is CC(C)c1cccc(C2(C(=O)O)CCCC2)n1. The van der Waals surface area contributed by atoms with Crippen LogP contribution in [-0.4, -0.2) is 16.1 Å². The van der Waals surface area contributed by atoms with Crippen LogP contribution in [0.15, 0.2) is 18.2 Å². The van der Waals surface area contributed by atoms with Crippen molar-refractivity contribution in [1.29, 1.82) is 0 Å². The molecule has 0 atom stereocenters. The summed E-state index contributed by atoms with van der Waals surface area (Å²) in [6, 6.07) is 5.77. The van der Waals surface area contributed by atoms with Gasteiger partial charge in [-0.15, -0.1) is 0 Å². The third-order valence-corrected chi connectivity index (χ3v) is 3.72. The van der Waals surface area contributed by atoms with Gasteiger partial charge in [0.2, 0.25) is 0 Å². The number of carboxylic acid groups (broad SMARTS) is 1. The Labute approximate surface area is 102 Å². The molecule has 0 bridgehead atoms. The molecule has 17 heavy (non-hydrogen) atoms. The van der Waals surface area contributed by atoms with Crippen molar-refractivity contribution in [2.75, 3.05) is 0 Å². The standard InChI is InChI=1S/C14H19NO2/c1-10(2)11-6-5-7-12(15-11)14(13(16)17)8-3-4-9-14/h5-7,10H,3-4,8-9H2,1-2H3,(H,16,17). The maximum atomic E-state index is 11.6. The zero-order valence-electron chi connectivity index (χ0n) is 10.4. The Balaban J connectivity index is 2.43. The fraction of sp³-hybridized carbons (Fsp3) is 0.571. The van der Waals surface area contributed by atoms with E-state index in [1.165, 1.54) is 0 Å². The lowest BCUT2D eigenvalue weighted by Crippen LogP contribution is -2.33. The second-order valence-electron chi connectivity index (χ2n) is 5.20. The predicted molar refractivity (Wildman–Crippen MR) is 66.1 cm³/mol. The number of aliphatic carboxylic acids is 1. The number of pyridine rings is 1. The van der Waals surface area contributed by atoms with Gasteiger partial charge in [-0.3, -0.25) is 9.78 Å². The van der Waals surface area contributed by atoms with Crippen LogP contribution in [-0.2, 0) is 10.2 Å². The van der Waals surface area contributed by atoms with E-state index in [1.807, 2.05) is 18.2 Å². The molecule has 1 aromatic rings. The highest BCUT2D eigenvalue weighted by Gasteiger charge is 2.44. The summed E-state index contributed by atoms with van der Waals surface area (Å²) in [4.78, 5) is 16.1. The third-order valence-electron chi connectivity index (χ3n) is 3.72. The van der Waals surface area contributed by atoms with Crippen molar-refractivity contribution >= 4 is 5.97 Å². The highest BCUT2D eigenvalue weighted by molar-refractivity contribution is 5.81. The number of carboxylic acids is 1. The molecule has 0 spiro atoms. The molecule has 0 amide bonds. The molecule has 92 valence electrons. The van der Waals surface area contributed by atoms with Gasteiger partial charge in [-0.25, -0.2) is 0 Å². The van der Waals surface area contributed by atoms with Gasteiger partial charge in [0.25, 0.3) is 0 Å². The zero-order valence-corrected chi connectivity index (χ0v) is 10.4. The van der Waals surface area contributed by atoms with Crippen LogP contribution in [0.1, 0.15) is 56.8 Å². The van der Waals surface area contributed by atoms with Crippen LogP contribution in [0.2, 0.25) is 0 Å². The van der Waals surface area contributed by atoms with Crippen molar-refractivity contribution < 1.29 is 9.90 Å². The van der Waals surface area contributed by atoms with Crippen molar-refractivity contribution in [3.63, 3.8) is 0 Å². The quantitative estimate of drug-likeness (QED) is 0.872. The van der Waals surface area contributed by atoms with Crippen molar-refractivity contribution in [3.8, 4) is 0 Å². The molecule has 1 saturated carbocycles. The average molecular weight is 233 g/mol. The predicted octanol–water partition coefficient (Wildman–Crippen LogP) is 3.10. The summed E-state index contributed by atoms with van der Waals surface area (Å²) in [7, 11) is 0.